The van der Waals surface area contributed by atoms with E-state index in [1.807, 2.05) is 31.2 Å². The van der Waals surface area contributed by atoms with Gasteiger partial charge in [-0.3, -0.25) is 4.79 Å². The Hall–Kier alpha value is -1.84. The summed E-state index contributed by atoms with van der Waals surface area (Å²) in [6, 6.07) is 3.71. The number of allylic oxidation sites excluding steroid dienone is 1. The lowest BCUT2D eigenvalue weighted by molar-refractivity contribution is -0.152. The zero-order valence-corrected chi connectivity index (χ0v) is 11.3. The van der Waals surface area contributed by atoms with Crippen LogP contribution in [0.15, 0.2) is 24.4 Å². The zero-order valence-electron chi connectivity index (χ0n) is 11.3. The molecule has 0 spiro atoms. The van der Waals surface area contributed by atoms with Crippen LogP contribution in [0.4, 0.5) is 0 Å². The topological polar surface area (TPSA) is 48.4 Å². The number of hydrogen-bond acceptors (Lipinski definition) is 4. The minimum absolute atomic E-state index is 0.228. The van der Waals surface area contributed by atoms with Crippen LogP contribution in [-0.2, 0) is 9.53 Å². The highest BCUT2D eigenvalue weighted by atomic mass is 16.5. The van der Waals surface area contributed by atoms with Crippen LogP contribution in [0, 0.1) is 5.41 Å². The van der Waals surface area contributed by atoms with Gasteiger partial charge in [0.15, 0.2) is 0 Å². The maximum atomic E-state index is 11.5. The Morgan fingerprint density at radius 2 is 2.22 bits per heavy atom. The van der Waals surface area contributed by atoms with E-state index in [0.717, 1.165) is 5.56 Å². The maximum absolute atomic E-state index is 11.5. The SMILES string of the molecule is CC=Cc1ccnc(OCC(C)(C)C(=O)OC)c1. The molecule has 0 aromatic carbocycles. The van der Waals surface area contributed by atoms with Gasteiger partial charge in [0.05, 0.1) is 12.5 Å². The molecule has 1 aromatic rings. The fourth-order valence-electron chi connectivity index (χ4n) is 1.39. The van der Waals surface area contributed by atoms with Crippen molar-refractivity contribution in [2.75, 3.05) is 13.7 Å². The van der Waals surface area contributed by atoms with Crippen molar-refractivity contribution in [3.8, 4) is 5.88 Å². The van der Waals surface area contributed by atoms with Crippen LogP contribution in [0.3, 0.4) is 0 Å². The fourth-order valence-corrected chi connectivity index (χ4v) is 1.39. The fraction of sp³-hybridized carbons (Fsp3) is 0.429. The Labute approximate surface area is 108 Å². The van der Waals surface area contributed by atoms with Gasteiger partial charge < -0.3 is 9.47 Å². The van der Waals surface area contributed by atoms with Gasteiger partial charge in [0, 0.05) is 12.3 Å². The molecule has 0 radical (unpaired) electrons. The zero-order chi connectivity index (χ0) is 13.6. The van der Waals surface area contributed by atoms with Crippen molar-refractivity contribution < 1.29 is 14.3 Å². The lowest BCUT2D eigenvalue weighted by Gasteiger charge is -2.21. The van der Waals surface area contributed by atoms with E-state index >= 15 is 0 Å². The Kier molecular flexibility index (Phi) is 4.89. The van der Waals surface area contributed by atoms with E-state index in [2.05, 4.69) is 4.98 Å². The minimum Gasteiger partial charge on any atom is -0.476 e. The molecular weight excluding hydrogens is 230 g/mol. The Morgan fingerprint density at radius 1 is 1.50 bits per heavy atom. The number of carbonyl (C=O) groups excluding carboxylic acids is 1. The molecule has 1 rings (SSSR count). The normalized spacial score (nSPS) is 11.6. The molecule has 0 aliphatic carbocycles. The van der Waals surface area contributed by atoms with E-state index in [-0.39, 0.29) is 12.6 Å². The highest BCUT2D eigenvalue weighted by Crippen LogP contribution is 2.19. The van der Waals surface area contributed by atoms with E-state index in [1.54, 1.807) is 20.0 Å². The second-order valence-corrected chi connectivity index (χ2v) is 4.59. The van der Waals surface area contributed by atoms with Crippen molar-refractivity contribution in [1.82, 2.24) is 4.98 Å². The largest absolute Gasteiger partial charge is 0.476 e. The number of esters is 1. The number of carbonyl (C=O) groups is 1. The molecule has 0 unspecified atom stereocenters. The standard InChI is InChI=1S/C14H19NO3/c1-5-6-11-7-8-15-12(9-11)18-10-14(2,3)13(16)17-4/h5-9H,10H2,1-4H3. The molecular formula is C14H19NO3. The van der Waals surface area contributed by atoms with Gasteiger partial charge in [-0.05, 0) is 32.4 Å². The molecule has 0 aliphatic rings. The summed E-state index contributed by atoms with van der Waals surface area (Å²) in [7, 11) is 1.37. The van der Waals surface area contributed by atoms with Gasteiger partial charge in [0.2, 0.25) is 5.88 Å². The molecule has 0 fully saturated rings. The van der Waals surface area contributed by atoms with Gasteiger partial charge in [0.25, 0.3) is 0 Å². The van der Waals surface area contributed by atoms with Crippen LogP contribution in [-0.4, -0.2) is 24.7 Å². The summed E-state index contributed by atoms with van der Waals surface area (Å²) in [5.41, 5.74) is 0.325. The second-order valence-electron chi connectivity index (χ2n) is 4.59. The molecule has 4 nitrogen and oxygen atoms in total. The number of nitrogens with zero attached hydrogens (tertiary/aromatic N) is 1. The van der Waals surface area contributed by atoms with Crippen LogP contribution < -0.4 is 4.74 Å². The lowest BCUT2D eigenvalue weighted by atomic mass is 9.95. The molecule has 0 bridgehead atoms. The van der Waals surface area contributed by atoms with E-state index < -0.39 is 5.41 Å². The van der Waals surface area contributed by atoms with Crippen molar-refractivity contribution >= 4 is 12.0 Å². The molecule has 0 aliphatic heterocycles. The van der Waals surface area contributed by atoms with Gasteiger partial charge in [-0.15, -0.1) is 0 Å². The summed E-state index contributed by atoms with van der Waals surface area (Å²) in [4.78, 5) is 15.6. The number of hydrogen-bond donors (Lipinski definition) is 0. The molecule has 0 saturated heterocycles. The van der Waals surface area contributed by atoms with Crippen molar-refractivity contribution in [2.24, 2.45) is 5.41 Å². The average molecular weight is 249 g/mol. The first-order chi connectivity index (χ1) is 8.49. The third kappa shape index (κ3) is 3.87. The molecule has 0 saturated carbocycles. The van der Waals surface area contributed by atoms with Crippen LogP contribution in [0.1, 0.15) is 26.3 Å². The molecule has 4 heteroatoms. The van der Waals surface area contributed by atoms with Gasteiger partial charge in [-0.2, -0.15) is 0 Å². The molecule has 1 aromatic heterocycles. The highest BCUT2D eigenvalue weighted by Gasteiger charge is 2.29. The Balaban J connectivity index is 2.68. The first kappa shape index (κ1) is 14.2. The monoisotopic (exact) mass is 249 g/mol. The summed E-state index contributed by atoms with van der Waals surface area (Å²) in [5.74, 6) is 0.203. The minimum atomic E-state index is -0.687. The third-order valence-electron chi connectivity index (χ3n) is 2.44. The Bertz CT molecular complexity index is 438. The number of aromatic nitrogens is 1. The van der Waals surface area contributed by atoms with Crippen LogP contribution >= 0.6 is 0 Å². The first-order valence-electron chi connectivity index (χ1n) is 5.79. The van der Waals surface area contributed by atoms with Crippen LogP contribution in [0.2, 0.25) is 0 Å². The van der Waals surface area contributed by atoms with E-state index in [4.69, 9.17) is 9.47 Å². The molecule has 0 N–H and O–H groups in total. The molecule has 1 heterocycles. The van der Waals surface area contributed by atoms with Crippen LogP contribution in [0.5, 0.6) is 5.88 Å². The van der Waals surface area contributed by atoms with Gasteiger partial charge in [-0.1, -0.05) is 12.2 Å². The van der Waals surface area contributed by atoms with E-state index in [0.29, 0.717) is 5.88 Å². The molecule has 0 amide bonds. The quantitative estimate of drug-likeness (QED) is 0.753. The van der Waals surface area contributed by atoms with E-state index in [1.165, 1.54) is 7.11 Å². The molecule has 0 atom stereocenters. The van der Waals surface area contributed by atoms with E-state index in [9.17, 15) is 4.79 Å². The smallest absolute Gasteiger partial charge is 0.314 e. The number of methoxy groups -OCH3 is 1. The van der Waals surface area contributed by atoms with Crippen molar-refractivity contribution in [2.45, 2.75) is 20.8 Å². The third-order valence-corrected chi connectivity index (χ3v) is 2.44. The number of ether oxygens (including phenoxy) is 2. The summed E-state index contributed by atoms with van der Waals surface area (Å²) in [6.45, 7) is 5.72. The lowest BCUT2D eigenvalue weighted by Crippen LogP contribution is -2.32. The molecule has 98 valence electrons. The molecule has 18 heavy (non-hydrogen) atoms. The van der Waals surface area contributed by atoms with Gasteiger partial charge in [0.1, 0.15) is 6.61 Å². The van der Waals surface area contributed by atoms with Crippen molar-refractivity contribution in [1.29, 1.82) is 0 Å². The predicted octanol–water partition coefficient (Wildman–Crippen LogP) is 2.69. The van der Waals surface area contributed by atoms with Gasteiger partial charge >= 0.3 is 5.97 Å². The first-order valence-corrected chi connectivity index (χ1v) is 5.79. The summed E-state index contributed by atoms with van der Waals surface area (Å²) >= 11 is 0. The summed E-state index contributed by atoms with van der Waals surface area (Å²) < 4.78 is 10.3. The van der Waals surface area contributed by atoms with Crippen LogP contribution in [0.25, 0.3) is 6.08 Å². The number of pyridine rings is 1. The van der Waals surface area contributed by atoms with Crippen molar-refractivity contribution in [3.63, 3.8) is 0 Å². The predicted molar refractivity (Wildman–Crippen MR) is 70.2 cm³/mol. The highest BCUT2D eigenvalue weighted by molar-refractivity contribution is 5.75. The van der Waals surface area contributed by atoms with Crippen molar-refractivity contribution in [3.05, 3.63) is 30.0 Å². The second kappa shape index (κ2) is 6.19. The summed E-state index contributed by atoms with van der Waals surface area (Å²) in [6.07, 6.45) is 5.58. The number of rotatable bonds is 5. The Morgan fingerprint density at radius 3 is 2.83 bits per heavy atom. The summed E-state index contributed by atoms with van der Waals surface area (Å²) in [5, 5.41) is 0. The average Bonchev–Trinajstić information content (AvgIpc) is 2.36. The van der Waals surface area contributed by atoms with Gasteiger partial charge in [-0.25, -0.2) is 4.98 Å². The maximum Gasteiger partial charge on any atom is 0.314 e.